The summed E-state index contributed by atoms with van der Waals surface area (Å²) in [6.07, 6.45) is 18.5. The van der Waals surface area contributed by atoms with E-state index in [-0.39, 0.29) is 17.0 Å². The van der Waals surface area contributed by atoms with Crippen LogP contribution in [0.4, 0.5) is 0 Å². The predicted molar refractivity (Wildman–Crippen MR) is 113 cm³/mol. The van der Waals surface area contributed by atoms with Crippen LogP contribution in [0.2, 0.25) is 0 Å². The van der Waals surface area contributed by atoms with Gasteiger partial charge in [-0.3, -0.25) is 0 Å². The first kappa shape index (κ1) is 25.7. The lowest BCUT2D eigenvalue weighted by Gasteiger charge is -2.34. The van der Waals surface area contributed by atoms with Crippen LogP contribution in [0.15, 0.2) is 30.3 Å². The van der Waals surface area contributed by atoms with Crippen LogP contribution in [0, 0.1) is 0 Å². The van der Waals surface area contributed by atoms with E-state index in [0.717, 1.165) is 4.48 Å². The Morgan fingerprint density at radius 2 is 1.08 bits per heavy atom. The molecule has 1 unspecified atom stereocenters. The number of quaternary nitrogens is 1. The van der Waals surface area contributed by atoms with Crippen molar-refractivity contribution in [1.82, 2.24) is 0 Å². The minimum atomic E-state index is 0. The summed E-state index contributed by atoms with van der Waals surface area (Å²) in [7, 11) is 6.99. The van der Waals surface area contributed by atoms with Gasteiger partial charge in [0.15, 0.2) is 0 Å². The second-order valence-electron chi connectivity index (χ2n) is 8.72. The number of hydrogen-bond donors (Lipinski definition) is 0. The molecule has 1 nitrogen and oxygen atoms in total. The van der Waals surface area contributed by atoms with Crippen LogP contribution in [-0.2, 0) is 0 Å². The third-order valence-electron chi connectivity index (χ3n) is 5.45. The number of nitrogens with zero attached hydrogens (tertiary/aromatic N) is 1. The lowest BCUT2D eigenvalue weighted by molar-refractivity contribution is -0.902. The molecule has 1 aromatic carbocycles. The van der Waals surface area contributed by atoms with Crippen LogP contribution in [0.5, 0.6) is 0 Å². The van der Waals surface area contributed by atoms with Gasteiger partial charge < -0.3 is 21.5 Å². The van der Waals surface area contributed by atoms with Crippen molar-refractivity contribution >= 4 is 0 Å². The van der Waals surface area contributed by atoms with Gasteiger partial charge in [-0.25, -0.2) is 0 Å². The molecule has 0 N–H and O–H groups in total. The van der Waals surface area contributed by atoms with Gasteiger partial charge in [-0.2, -0.15) is 0 Å². The second-order valence-corrected chi connectivity index (χ2v) is 8.72. The Morgan fingerprint density at radius 1 is 0.654 bits per heavy atom. The number of hydrogen-bond acceptors (Lipinski definition) is 0. The molecular formula is C24H44BrN. The third-order valence-corrected chi connectivity index (χ3v) is 5.45. The quantitative estimate of drug-likeness (QED) is 0.286. The summed E-state index contributed by atoms with van der Waals surface area (Å²) in [4.78, 5) is 0. The monoisotopic (exact) mass is 425 g/mol. The lowest BCUT2D eigenvalue weighted by atomic mass is 9.97. The van der Waals surface area contributed by atoms with E-state index < -0.39 is 0 Å². The zero-order valence-electron chi connectivity index (χ0n) is 18.0. The van der Waals surface area contributed by atoms with E-state index in [4.69, 9.17) is 0 Å². The van der Waals surface area contributed by atoms with Crippen molar-refractivity contribution in [3.63, 3.8) is 0 Å². The highest BCUT2D eigenvalue weighted by Crippen LogP contribution is 2.29. The van der Waals surface area contributed by atoms with E-state index in [2.05, 4.69) is 58.4 Å². The predicted octanol–water partition coefficient (Wildman–Crippen LogP) is 4.53. The largest absolute Gasteiger partial charge is 1.00 e. The van der Waals surface area contributed by atoms with Gasteiger partial charge in [0.25, 0.3) is 0 Å². The summed E-state index contributed by atoms with van der Waals surface area (Å²) in [5, 5.41) is 0. The molecule has 0 aliphatic carbocycles. The first-order chi connectivity index (χ1) is 12.1. The minimum Gasteiger partial charge on any atom is -1.00 e. The number of halogens is 1. The average molecular weight is 427 g/mol. The van der Waals surface area contributed by atoms with E-state index in [1.54, 1.807) is 0 Å². The molecule has 0 radical (unpaired) electrons. The van der Waals surface area contributed by atoms with Crippen LogP contribution < -0.4 is 17.0 Å². The number of rotatable bonds is 15. The Morgan fingerprint density at radius 3 is 1.50 bits per heavy atom. The normalized spacial score (nSPS) is 12.6. The Kier molecular flexibility index (Phi) is 15.5. The minimum absolute atomic E-state index is 0. The van der Waals surface area contributed by atoms with E-state index in [0.29, 0.717) is 6.04 Å². The van der Waals surface area contributed by atoms with Gasteiger partial charge in [-0.05, 0) is 6.42 Å². The smallest absolute Gasteiger partial charge is 0.114 e. The van der Waals surface area contributed by atoms with Gasteiger partial charge in [-0.15, -0.1) is 0 Å². The van der Waals surface area contributed by atoms with Gasteiger partial charge in [0.05, 0.1) is 21.1 Å². The van der Waals surface area contributed by atoms with Crippen molar-refractivity contribution in [3.8, 4) is 0 Å². The molecule has 0 spiro atoms. The second kappa shape index (κ2) is 15.7. The van der Waals surface area contributed by atoms with Gasteiger partial charge in [-0.1, -0.05) is 108 Å². The van der Waals surface area contributed by atoms with E-state index in [1.807, 2.05) is 0 Å². The first-order valence-electron chi connectivity index (χ1n) is 10.9. The fraction of sp³-hybridized carbons (Fsp3) is 0.750. The first-order valence-corrected chi connectivity index (χ1v) is 10.9. The summed E-state index contributed by atoms with van der Waals surface area (Å²) >= 11 is 0. The molecule has 1 atom stereocenters. The molecule has 1 rings (SSSR count). The molecule has 152 valence electrons. The van der Waals surface area contributed by atoms with Crippen LogP contribution in [-0.4, -0.2) is 25.6 Å². The molecule has 0 fully saturated rings. The summed E-state index contributed by atoms with van der Waals surface area (Å²) in [5.74, 6) is 0. The zero-order valence-corrected chi connectivity index (χ0v) is 19.6. The molecular weight excluding hydrogens is 382 g/mol. The Bertz CT molecular complexity index is 410. The zero-order chi connectivity index (χ0) is 18.4. The average Bonchev–Trinajstić information content (AvgIpc) is 2.58. The third kappa shape index (κ3) is 12.1. The van der Waals surface area contributed by atoms with Crippen LogP contribution in [0.3, 0.4) is 0 Å². The van der Waals surface area contributed by atoms with Crippen LogP contribution in [0.1, 0.15) is 102 Å². The summed E-state index contributed by atoms with van der Waals surface area (Å²) in [6, 6.07) is 11.7. The lowest BCUT2D eigenvalue weighted by Crippen LogP contribution is -3.00. The molecule has 2 heteroatoms. The standard InChI is InChI=1S/C24H44N.BrH/c1-5-6-7-8-9-10-11-12-13-14-15-19-22-24(25(2,3)4)23-20-17-16-18-21-23;/h16-18,20-21,24H,5-15,19,22H2,1-4H3;1H/q+1;/p-1. The van der Waals surface area contributed by atoms with Gasteiger partial charge in [0.1, 0.15) is 6.04 Å². The molecule has 0 saturated heterocycles. The highest BCUT2D eigenvalue weighted by atomic mass is 79.9. The van der Waals surface area contributed by atoms with Crippen molar-refractivity contribution in [2.24, 2.45) is 0 Å². The van der Waals surface area contributed by atoms with Gasteiger partial charge >= 0.3 is 0 Å². The van der Waals surface area contributed by atoms with Crippen LogP contribution >= 0.6 is 0 Å². The van der Waals surface area contributed by atoms with E-state index >= 15 is 0 Å². The Hall–Kier alpha value is -0.340. The number of benzene rings is 1. The Balaban J connectivity index is 0.00000625. The van der Waals surface area contributed by atoms with Crippen molar-refractivity contribution in [1.29, 1.82) is 0 Å². The molecule has 0 aliphatic rings. The van der Waals surface area contributed by atoms with Gasteiger partial charge in [0.2, 0.25) is 0 Å². The molecule has 0 amide bonds. The highest BCUT2D eigenvalue weighted by Gasteiger charge is 2.24. The molecule has 0 bridgehead atoms. The molecule has 26 heavy (non-hydrogen) atoms. The van der Waals surface area contributed by atoms with E-state index in [1.165, 1.54) is 89.0 Å². The summed E-state index contributed by atoms with van der Waals surface area (Å²) in [6.45, 7) is 2.29. The van der Waals surface area contributed by atoms with Crippen molar-refractivity contribution in [3.05, 3.63) is 35.9 Å². The molecule has 1 aromatic rings. The summed E-state index contributed by atoms with van der Waals surface area (Å²) < 4.78 is 1.03. The van der Waals surface area contributed by atoms with Gasteiger partial charge in [0, 0.05) is 12.0 Å². The molecule has 0 saturated carbocycles. The van der Waals surface area contributed by atoms with Crippen molar-refractivity contribution < 1.29 is 21.5 Å². The maximum atomic E-state index is 2.33. The Labute approximate surface area is 174 Å². The number of unbranched alkanes of at least 4 members (excludes halogenated alkanes) is 11. The van der Waals surface area contributed by atoms with Crippen molar-refractivity contribution in [2.75, 3.05) is 21.1 Å². The molecule has 0 aromatic heterocycles. The summed E-state index contributed by atoms with van der Waals surface area (Å²) in [5.41, 5.74) is 1.50. The SMILES string of the molecule is CCCCCCCCCCCCCCC(c1ccccc1)[N+](C)(C)C.[Br-]. The van der Waals surface area contributed by atoms with Crippen LogP contribution in [0.25, 0.3) is 0 Å². The fourth-order valence-corrected chi connectivity index (χ4v) is 3.86. The fourth-order valence-electron chi connectivity index (χ4n) is 3.86. The maximum Gasteiger partial charge on any atom is 0.114 e. The van der Waals surface area contributed by atoms with Crippen molar-refractivity contribution in [2.45, 2.75) is 96.4 Å². The molecule has 0 heterocycles. The van der Waals surface area contributed by atoms with E-state index in [9.17, 15) is 0 Å². The topological polar surface area (TPSA) is 0 Å². The maximum absolute atomic E-state index is 2.33. The molecule has 0 aliphatic heterocycles. The highest BCUT2D eigenvalue weighted by molar-refractivity contribution is 5.17.